The molecule has 4 rings (SSSR count). The minimum atomic E-state index is 0.550. The molecule has 0 bridgehead atoms. The molecule has 3 aromatic rings. The highest BCUT2D eigenvalue weighted by Crippen LogP contribution is 2.25. The van der Waals surface area contributed by atoms with Crippen molar-refractivity contribution in [2.45, 2.75) is 25.8 Å². The number of piperidine rings is 1. The Morgan fingerprint density at radius 3 is 2.36 bits per heavy atom. The lowest BCUT2D eigenvalue weighted by Crippen LogP contribution is -2.34. The van der Waals surface area contributed by atoms with Gasteiger partial charge in [0, 0.05) is 48.8 Å². The summed E-state index contributed by atoms with van der Waals surface area (Å²) in [5.41, 5.74) is 2.93. The molecule has 0 amide bonds. The molecule has 1 aliphatic heterocycles. The molecule has 0 N–H and O–H groups in total. The Kier molecular flexibility index (Phi) is 4.57. The average molecular weight is 333 g/mol. The second kappa shape index (κ2) is 7.15. The molecule has 1 aliphatic rings. The number of nitrogens with zero attached hydrogens (tertiary/aromatic N) is 5. The summed E-state index contributed by atoms with van der Waals surface area (Å²) in [6.07, 6.45) is 10.2. The minimum absolute atomic E-state index is 0.550. The van der Waals surface area contributed by atoms with Gasteiger partial charge in [0.25, 0.3) is 0 Å². The number of rotatable bonds is 4. The van der Waals surface area contributed by atoms with Crippen LogP contribution < -0.4 is 0 Å². The van der Waals surface area contributed by atoms with Gasteiger partial charge >= 0.3 is 0 Å². The van der Waals surface area contributed by atoms with E-state index in [4.69, 9.17) is 0 Å². The van der Waals surface area contributed by atoms with Crippen LogP contribution in [0.25, 0.3) is 22.6 Å². The highest BCUT2D eigenvalue weighted by molar-refractivity contribution is 5.60. The third-order valence-electron chi connectivity index (χ3n) is 5.01. The van der Waals surface area contributed by atoms with Gasteiger partial charge in [-0.2, -0.15) is 0 Å². The lowest BCUT2D eigenvalue weighted by Gasteiger charge is -2.31. The van der Waals surface area contributed by atoms with Crippen LogP contribution in [0.3, 0.4) is 0 Å². The number of benzene rings is 1. The van der Waals surface area contributed by atoms with Gasteiger partial charge in [0.15, 0.2) is 5.82 Å². The first-order chi connectivity index (χ1) is 12.3. The molecule has 1 aromatic carbocycles. The molecule has 0 spiro atoms. The summed E-state index contributed by atoms with van der Waals surface area (Å²) >= 11 is 0. The summed E-state index contributed by atoms with van der Waals surface area (Å²) in [5.74, 6) is 0.746. The molecule has 0 aliphatic carbocycles. The third kappa shape index (κ3) is 3.46. The molecule has 128 valence electrons. The number of aromatic nitrogens is 4. The van der Waals surface area contributed by atoms with Gasteiger partial charge in [-0.05, 0) is 19.4 Å². The molecular weight excluding hydrogens is 310 g/mol. The Balaban J connectivity index is 1.49. The van der Waals surface area contributed by atoms with E-state index in [1.54, 1.807) is 0 Å². The van der Waals surface area contributed by atoms with Gasteiger partial charge in [-0.3, -0.25) is 0 Å². The third-order valence-corrected chi connectivity index (χ3v) is 5.01. The van der Waals surface area contributed by atoms with E-state index in [0.717, 1.165) is 29.2 Å². The number of hydrogen-bond acceptors (Lipinski definition) is 4. The van der Waals surface area contributed by atoms with E-state index in [9.17, 15) is 0 Å². The summed E-state index contributed by atoms with van der Waals surface area (Å²) in [5, 5.41) is 0. The van der Waals surface area contributed by atoms with Crippen molar-refractivity contribution in [3.8, 4) is 22.6 Å². The predicted molar refractivity (Wildman–Crippen MR) is 99.1 cm³/mol. The fourth-order valence-corrected chi connectivity index (χ4v) is 3.42. The van der Waals surface area contributed by atoms with Crippen molar-refractivity contribution in [3.63, 3.8) is 0 Å². The van der Waals surface area contributed by atoms with Crippen molar-refractivity contribution in [1.82, 2.24) is 24.4 Å². The van der Waals surface area contributed by atoms with Crippen molar-refractivity contribution in [2.75, 3.05) is 19.6 Å². The molecule has 0 unspecified atom stereocenters. The fourth-order valence-electron chi connectivity index (χ4n) is 3.42. The summed E-state index contributed by atoms with van der Waals surface area (Å²) in [6.45, 7) is 5.72. The van der Waals surface area contributed by atoms with Gasteiger partial charge in [-0.15, -0.1) is 0 Å². The number of hydrogen-bond donors (Lipinski definition) is 0. The van der Waals surface area contributed by atoms with Gasteiger partial charge in [0.05, 0.1) is 12.0 Å². The van der Waals surface area contributed by atoms with Crippen LogP contribution in [0.5, 0.6) is 0 Å². The Bertz CT molecular complexity index is 802. The van der Waals surface area contributed by atoms with E-state index in [-0.39, 0.29) is 0 Å². The van der Waals surface area contributed by atoms with E-state index in [2.05, 4.69) is 37.5 Å². The Labute approximate surface area is 148 Å². The zero-order valence-electron chi connectivity index (χ0n) is 14.5. The molecule has 0 radical (unpaired) electrons. The average Bonchev–Trinajstić information content (AvgIpc) is 3.19. The summed E-state index contributed by atoms with van der Waals surface area (Å²) in [7, 11) is 0. The van der Waals surface area contributed by atoms with Crippen molar-refractivity contribution in [1.29, 1.82) is 0 Å². The van der Waals surface area contributed by atoms with Gasteiger partial charge in [0.1, 0.15) is 0 Å². The van der Waals surface area contributed by atoms with Crippen LogP contribution in [0, 0.1) is 0 Å². The number of imidazole rings is 1. The first kappa shape index (κ1) is 16.0. The summed E-state index contributed by atoms with van der Waals surface area (Å²) in [6, 6.07) is 10.6. The van der Waals surface area contributed by atoms with E-state index < -0.39 is 0 Å². The maximum atomic E-state index is 4.57. The normalized spacial score (nSPS) is 16.2. The van der Waals surface area contributed by atoms with E-state index in [0.29, 0.717) is 6.04 Å². The van der Waals surface area contributed by atoms with E-state index in [1.807, 2.05) is 49.1 Å². The highest BCUT2D eigenvalue weighted by atomic mass is 15.2. The molecule has 5 heteroatoms. The van der Waals surface area contributed by atoms with Crippen LogP contribution in [0.4, 0.5) is 0 Å². The smallest absolute Gasteiger partial charge is 0.159 e. The molecular formula is C20H23N5. The first-order valence-electron chi connectivity index (χ1n) is 8.97. The zero-order valence-corrected chi connectivity index (χ0v) is 14.5. The minimum Gasteiger partial charge on any atom is -0.334 e. The predicted octanol–water partition coefficient (Wildman–Crippen LogP) is 3.66. The molecule has 2 aromatic heterocycles. The number of likely N-dealkylation sites (tertiary alicyclic amines) is 1. The Morgan fingerprint density at radius 2 is 1.68 bits per heavy atom. The quantitative estimate of drug-likeness (QED) is 0.731. The van der Waals surface area contributed by atoms with Gasteiger partial charge in [-0.1, -0.05) is 37.3 Å². The van der Waals surface area contributed by atoms with Crippen LogP contribution in [0.2, 0.25) is 0 Å². The monoisotopic (exact) mass is 333 g/mol. The van der Waals surface area contributed by atoms with Crippen LogP contribution in [0.1, 0.15) is 25.8 Å². The van der Waals surface area contributed by atoms with Crippen LogP contribution >= 0.6 is 0 Å². The second-order valence-electron chi connectivity index (χ2n) is 6.53. The lowest BCUT2D eigenvalue weighted by atomic mass is 10.1. The maximum absolute atomic E-state index is 4.57. The van der Waals surface area contributed by atoms with Gasteiger partial charge in [-0.25, -0.2) is 15.0 Å². The topological polar surface area (TPSA) is 46.8 Å². The lowest BCUT2D eigenvalue weighted by molar-refractivity contribution is 0.194. The molecule has 3 heterocycles. The molecule has 0 saturated carbocycles. The largest absolute Gasteiger partial charge is 0.334 e. The summed E-state index contributed by atoms with van der Waals surface area (Å²) < 4.78 is 2.26. The maximum Gasteiger partial charge on any atom is 0.159 e. The van der Waals surface area contributed by atoms with Crippen molar-refractivity contribution >= 4 is 0 Å². The molecule has 25 heavy (non-hydrogen) atoms. The fraction of sp³-hybridized carbons (Fsp3) is 0.350. The van der Waals surface area contributed by atoms with Crippen molar-refractivity contribution in [2.24, 2.45) is 0 Å². The SMILES string of the molecule is CCN1CCC(n2cnc(-c3cnc(-c4ccccc4)nc3)c2)CC1. The molecule has 5 nitrogen and oxygen atoms in total. The van der Waals surface area contributed by atoms with Gasteiger partial charge < -0.3 is 9.47 Å². The molecule has 0 atom stereocenters. The van der Waals surface area contributed by atoms with Gasteiger partial charge in [0.2, 0.25) is 0 Å². The Hall–Kier alpha value is -2.53. The first-order valence-corrected chi connectivity index (χ1v) is 8.97. The zero-order chi connectivity index (χ0) is 17.1. The highest BCUT2D eigenvalue weighted by Gasteiger charge is 2.19. The second-order valence-corrected chi connectivity index (χ2v) is 6.53. The standard InChI is InChI=1S/C20H23N5/c1-2-24-10-8-18(9-11-24)25-14-19(23-15-25)17-12-21-20(22-13-17)16-6-4-3-5-7-16/h3-7,12-15,18H,2,8-11H2,1H3. The van der Waals surface area contributed by atoms with E-state index >= 15 is 0 Å². The van der Waals surface area contributed by atoms with E-state index in [1.165, 1.54) is 25.9 Å². The van der Waals surface area contributed by atoms with Crippen LogP contribution in [-0.2, 0) is 0 Å². The van der Waals surface area contributed by atoms with Crippen LogP contribution in [0.15, 0.2) is 55.2 Å². The molecule has 1 saturated heterocycles. The summed E-state index contributed by atoms with van der Waals surface area (Å²) in [4.78, 5) is 16.1. The van der Waals surface area contributed by atoms with Crippen molar-refractivity contribution < 1.29 is 0 Å². The Morgan fingerprint density at radius 1 is 0.960 bits per heavy atom. The molecule has 1 fully saturated rings. The van der Waals surface area contributed by atoms with Crippen LogP contribution in [-0.4, -0.2) is 44.1 Å². The van der Waals surface area contributed by atoms with Crippen molar-refractivity contribution in [3.05, 3.63) is 55.2 Å².